The molecule has 14 heteroatoms. The molecule has 3 N–H and O–H groups in total. The lowest BCUT2D eigenvalue weighted by atomic mass is 9.95. The smallest absolute Gasteiger partial charge is 0.311 e. The Labute approximate surface area is 238 Å². The highest BCUT2D eigenvalue weighted by atomic mass is 19.2. The number of amides is 3. The minimum atomic E-state index is -1.89. The highest BCUT2D eigenvalue weighted by Crippen LogP contribution is 2.26. The van der Waals surface area contributed by atoms with Gasteiger partial charge in [-0.1, -0.05) is 23.8 Å². The maximum absolute atomic E-state index is 13.8. The number of hydrogen-bond acceptors (Lipinski definition) is 6. The number of ketones is 1. The SMILES string of the molecule is Cc1ccc(C)c(CNC(=O)C(=O)N2CCC(C(=O)N[C@@H](CC(=O)O)C(=O)COc3c(F)c(F)cc(F)c3F)CC2)c1. The van der Waals surface area contributed by atoms with E-state index in [-0.39, 0.29) is 38.5 Å². The molecule has 0 unspecified atom stereocenters. The van der Waals surface area contributed by atoms with Gasteiger partial charge in [0.05, 0.1) is 6.42 Å². The number of ether oxygens (including phenoxy) is 1. The van der Waals surface area contributed by atoms with Crippen molar-refractivity contribution < 1.29 is 51.4 Å². The summed E-state index contributed by atoms with van der Waals surface area (Å²) in [5.74, 6) is -14.5. The van der Waals surface area contributed by atoms with Crippen LogP contribution in [-0.2, 0) is 30.5 Å². The number of Topliss-reactive ketones (excluding diaryl/α,β-unsaturated/α-hetero) is 1. The van der Waals surface area contributed by atoms with Crippen LogP contribution in [0.4, 0.5) is 17.6 Å². The molecule has 0 aliphatic carbocycles. The van der Waals surface area contributed by atoms with E-state index < -0.39 is 83.5 Å². The summed E-state index contributed by atoms with van der Waals surface area (Å²) in [7, 11) is 0. The summed E-state index contributed by atoms with van der Waals surface area (Å²) in [5.41, 5.74) is 2.82. The van der Waals surface area contributed by atoms with E-state index in [4.69, 9.17) is 5.11 Å². The highest BCUT2D eigenvalue weighted by Gasteiger charge is 2.33. The molecule has 0 aromatic heterocycles. The van der Waals surface area contributed by atoms with Crippen molar-refractivity contribution in [3.05, 3.63) is 64.2 Å². The summed E-state index contributed by atoms with van der Waals surface area (Å²) in [4.78, 5) is 62.9. The first-order chi connectivity index (χ1) is 19.8. The van der Waals surface area contributed by atoms with Gasteiger partial charge in [0.1, 0.15) is 12.6 Å². The van der Waals surface area contributed by atoms with Gasteiger partial charge in [0.2, 0.25) is 17.5 Å². The molecule has 2 aromatic carbocycles. The number of carboxylic acids is 1. The third kappa shape index (κ3) is 8.04. The number of halogens is 4. The van der Waals surface area contributed by atoms with Crippen LogP contribution in [0.3, 0.4) is 0 Å². The third-order valence-corrected chi connectivity index (χ3v) is 6.81. The van der Waals surface area contributed by atoms with Gasteiger partial charge in [-0.15, -0.1) is 0 Å². The molecule has 0 saturated carbocycles. The second-order valence-electron chi connectivity index (χ2n) is 9.89. The molecule has 1 fully saturated rings. The number of aryl methyl sites for hydroxylation is 2. The van der Waals surface area contributed by atoms with Crippen molar-refractivity contribution >= 4 is 29.5 Å². The molecule has 1 saturated heterocycles. The molecule has 3 amide bonds. The molecule has 10 nitrogen and oxygen atoms in total. The zero-order valence-corrected chi connectivity index (χ0v) is 22.8. The van der Waals surface area contributed by atoms with Crippen molar-refractivity contribution in [3.63, 3.8) is 0 Å². The summed E-state index contributed by atoms with van der Waals surface area (Å²) >= 11 is 0. The van der Waals surface area contributed by atoms with Gasteiger partial charge in [0.15, 0.2) is 23.2 Å². The van der Waals surface area contributed by atoms with Crippen LogP contribution in [0, 0.1) is 43.0 Å². The van der Waals surface area contributed by atoms with Crippen LogP contribution >= 0.6 is 0 Å². The number of likely N-dealkylation sites (tertiary alicyclic amines) is 1. The number of rotatable bonds is 10. The molecule has 0 spiro atoms. The van der Waals surface area contributed by atoms with Gasteiger partial charge >= 0.3 is 17.8 Å². The van der Waals surface area contributed by atoms with Gasteiger partial charge in [0, 0.05) is 31.6 Å². The van der Waals surface area contributed by atoms with Crippen LogP contribution in [0.1, 0.15) is 36.0 Å². The molecule has 1 atom stereocenters. The second-order valence-corrected chi connectivity index (χ2v) is 9.89. The predicted octanol–water partition coefficient (Wildman–Crippen LogP) is 2.32. The van der Waals surface area contributed by atoms with Crippen LogP contribution in [0.2, 0.25) is 0 Å². The molecular formula is C28H29F4N3O7. The van der Waals surface area contributed by atoms with Crippen LogP contribution in [-0.4, -0.2) is 65.2 Å². The summed E-state index contributed by atoms with van der Waals surface area (Å²) in [6.45, 7) is 2.83. The largest absolute Gasteiger partial charge is 0.481 e. The highest BCUT2D eigenvalue weighted by molar-refractivity contribution is 6.35. The average Bonchev–Trinajstić information content (AvgIpc) is 2.95. The number of hydrogen-bond donors (Lipinski definition) is 3. The zero-order chi connectivity index (χ0) is 31.1. The lowest BCUT2D eigenvalue weighted by Crippen LogP contribution is -2.50. The van der Waals surface area contributed by atoms with E-state index in [1.54, 1.807) is 0 Å². The Kier molecular flexibility index (Phi) is 10.6. The van der Waals surface area contributed by atoms with Gasteiger partial charge in [0.25, 0.3) is 0 Å². The minimum absolute atomic E-state index is 0.0398. The Hall–Kier alpha value is -4.49. The number of carbonyl (C=O) groups is 5. The molecule has 0 radical (unpaired) electrons. The fourth-order valence-electron chi connectivity index (χ4n) is 4.36. The Morgan fingerprint density at radius 3 is 2.21 bits per heavy atom. The number of carbonyl (C=O) groups excluding carboxylic acids is 4. The van der Waals surface area contributed by atoms with Gasteiger partial charge in [-0.05, 0) is 37.8 Å². The van der Waals surface area contributed by atoms with Crippen LogP contribution in [0.5, 0.6) is 5.75 Å². The molecular weight excluding hydrogens is 566 g/mol. The van der Waals surface area contributed by atoms with Crippen molar-refractivity contribution in [1.82, 2.24) is 15.5 Å². The molecule has 226 valence electrons. The lowest BCUT2D eigenvalue weighted by Gasteiger charge is -2.31. The Morgan fingerprint density at radius 2 is 1.62 bits per heavy atom. The first kappa shape index (κ1) is 32.0. The number of piperidine rings is 1. The van der Waals surface area contributed by atoms with Crippen LogP contribution in [0.15, 0.2) is 24.3 Å². The van der Waals surface area contributed by atoms with Crippen LogP contribution in [0.25, 0.3) is 0 Å². The Bertz CT molecular complexity index is 1370. The van der Waals surface area contributed by atoms with Crippen molar-refractivity contribution in [2.45, 2.75) is 45.7 Å². The molecule has 1 aliphatic heterocycles. The Morgan fingerprint density at radius 1 is 1.00 bits per heavy atom. The van der Waals surface area contributed by atoms with Crippen LogP contribution < -0.4 is 15.4 Å². The van der Waals surface area contributed by atoms with E-state index >= 15 is 0 Å². The fourth-order valence-corrected chi connectivity index (χ4v) is 4.36. The van der Waals surface area contributed by atoms with E-state index in [1.807, 2.05) is 32.0 Å². The van der Waals surface area contributed by atoms with E-state index in [1.165, 1.54) is 4.90 Å². The molecule has 0 bridgehead atoms. The number of carboxylic acid groups (broad SMARTS) is 1. The fraction of sp³-hybridized carbons (Fsp3) is 0.393. The maximum atomic E-state index is 13.8. The number of aliphatic carboxylic acids is 1. The first-order valence-corrected chi connectivity index (χ1v) is 12.9. The molecule has 3 rings (SSSR count). The van der Waals surface area contributed by atoms with Gasteiger partial charge in [-0.25, -0.2) is 8.78 Å². The predicted molar refractivity (Wildman–Crippen MR) is 138 cm³/mol. The van der Waals surface area contributed by atoms with Gasteiger partial charge < -0.3 is 25.4 Å². The standard InChI is InChI=1S/C28H29F4N3O7/c1-14-3-4-15(2)17(9-14)12-33-27(40)28(41)35-7-5-16(6-8-35)26(39)34-20(11-22(37)38)21(36)13-42-25-23(31)18(29)10-19(30)24(25)32/h3-4,9-10,16,20H,5-8,11-13H2,1-2H3,(H,33,40)(H,34,39)(H,37,38)/t20-/m0/s1. The lowest BCUT2D eigenvalue weighted by molar-refractivity contribution is -0.147. The van der Waals surface area contributed by atoms with Crippen molar-refractivity contribution in [2.75, 3.05) is 19.7 Å². The van der Waals surface area contributed by atoms with Crippen molar-refractivity contribution in [1.29, 1.82) is 0 Å². The minimum Gasteiger partial charge on any atom is -0.481 e. The molecule has 42 heavy (non-hydrogen) atoms. The molecule has 1 aliphatic rings. The maximum Gasteiger partial charge on any atom is 0.311 e. The topological polar surface area (TPSA) is 142 Å². The van der Waals surface area contributed by atoms with E-state index in [0.717, 1.165) is 16.7 Å². The van der Waals surface area contributed by atoms with E-state index in [9.17, 15) is 41.5 Å². The first-order valence-electron chi connectivity index (χ1n) is 12.9. The van der Waals surface area contributed by atoms with Gasteiger partial charge in [-0.2, -0.15) is 8.78 Å². The summed E-state index contributed by atoms with van der Waals surface area (Å²) in [5, 5.41) is 14.0. The Balaban J connectivity index is 1.54. The molecule has 2 aromatic rings. The van der Waals surface area contributed by atoms with Crippen molar-refractivity contribution in [3.8, 4) is 5.75 Å². The quantitative estimate of drug-likeness (QED) is 0.218. The monoisotopic (exact) mass is 595 g/mol. The number of benzene rings is 2. The number of nitrogens with one attached hydrogen (secondary N) is 2. The summed E-state index contributed by atoms with van der Waals surface area (Å²) in [6, 6.07) is 3.99. The average molecular weight is 596 g/mol. The van der Waals surface area contributed by atoms with Gasteiger partial charge in [-0.3, -0.25) is 24.0 Å². The number of nitrogens with zero attached hydrogens (tertiary/aromatic N) is 1. The van der Waals surface area contributed by atoms with Crippen molar-refractivity contribution in [2.24, 2.45) is 5.92 Å². The molecule has 1 heterocycles. The second kappa shape index (κ2) is 13.9. The van der Waals surface area contributed by atoms with E-state index in [2.05, 4.69) is 15.4 Å². The van der Waals surface area contributed by atoms with E-state index in [0.29, 0.717) is 0 Å². The third-order valence-electron chi connectivity index (χ3n) is 6.81. The summed E-state index contributed by atoms with van der Waals surface area (Å²) < 4.78 is 59.0. The zero-order valence-electron chi connectivity index (χ0n) is 22.8. The summed E-state index contributed by atoms with van der Waals surface area (Å²) in [6.07, 6.45) is -0.703. The normalized spacial score (nSPS) is 14.2.